The third kappa shape index (κ3) is 4.85. The fraction of sp³-hybridized carbons (Fsp3) is 0.625. The van der Waals surface area contributed by atoms with Crippen molar-refractivity contribution in [1.29, 1.82) is 0 Å². The first-order chi connectivity index (χ1) is 10.1. The lowest BCUT2D eigenvalue weighted by atomic mass is 9.93. The largest absolute Gasteiger partial charge is 0.435 e. The van der Waals surface area contributed by atoms with Crippen LogP contribution in [0.1, 0.15) is 44.2 Å². The molecule has 118 valence electrons. The summed E-state index contributed by atoms with van der Waals surface area (Å²) in [5, 5.41) is 4.29. The first kappa shape index (κ1) is 16.6. The van der Waals surface area contributed by atoms with Crippen molar-refractivity contribution in [3.05, 3.63) is 29.8 Å². The van der Waals surface area contributed by atoms with Crippen LogP contribution >= 0.6 is 11.8 Å². The van der Waals surface area contributed by atoms with E-state index in [2.05, 4.69) is 23.2 Å². The molecule has 1 saturated carbocycles. The summed E-state index contributed by atoms with van der Waals surface area (Å²) in [6, 6.07) is 7.59. The maximum atomic E-state index is 12.3. The molecule has 0 heterocycles. The van der Waals surface area contributed by atoms with Gasteiger partial charge in [0.25, 0.3) is 0 Å². The van der Waals surface area contributed by atoms with Crippen LogP contribution in [0.3, 0.4) is 0 Å². The van der Waals surface area contributed by atoms with Gasteiger partial charge in [0.2, 0.25) is 0 Å². The molecule has 1 fully saturated rings. The second-order valence-electron chi connectivity index (χ2n) is 5.50. The van der Waals surface area contributed by atoms with Crippen molar-refractivity contribution in [2.75, 3.05) is 6.26 Å². The minimum Gasteiger partial charge on any atom is -0.435 e. The third-order valence-corrected chi connectivity index (χ3v) is 5.22. The lowest BCUT2D eigenvalue weighted by molar-refractivity contribution is -0.0499. The van der Waals surface area contributed by atoms with E-state index in [0.29, 0.717) is 11.3 Å². The number of hydrogen-bond donors (Lipinski definition) is 1. The zero-order valence-corrected chi connectivity index (χ0v) is 13.3. The van der Waals surface area contributed by atoms with Gasteiger partial charge < -0.3 is 10.1 Å². The molecule has 0 bridgehead atoms. The number of benzene rings is 1. The summed E-state index contributed by atoms with van der Waals surface area (Å²) >= 11 is 1.92. The number of nitrogens with one attached hydrogen (secondary N) is 1. The Morgan fingerprint density at radius 3 is 2.76 bits per heavy atom. The summed E-state index contributed by atoms with van der Waals surface area (Å²) in [5.41, 5.74) is 0.985. The Morgan fingerprint density at radius 1 is 1.29 bits per heavy atom. The highest BCUT2D eigenvalue weighted by molar-refractivity contribution is 7.99. The van der Waals surface area contributed by atoms with E-state index in [1.807, 2.05) is 17.8 Å². The fourth-order valence-electron chi connectivity index (χ4n) is 2.95. The first-order valence-electron chi connectivity index (χ1n) is 7.43. The summed E-state index contributed by atoms with van der Waals surface area (Å²) in [6.07, 6.45) is 7.15. The Labute approximate surface area is 129 Å². The lowest BCUT2D eigenvalue weighted by Crippen LogP contribution is -2.41. The minimum atomic E-state index is -2.78. The van der Waals surface area contributed by atoms with Crippen LogP contribution in [0.5, 0.6) is 5.75 Å². The molecule has 21 heavy (non-hydrogen) atoms. The van der Waals surface area contributed by atoms with Gasteiger partial charge in [-0.05, 0) is 43.7 Å². The number of hydrogen-bond acceptors (Lipinski definition) is 3. The van der Waals surface area contributed by atoms with E-state index in [-0.39, 0.29) is 11.8 Å². The van der Waals surface area contributed by atoms with Gasteiger partial charge in [0.05, 0.1) is 0 Å². The van der Waals surface area contributed by atoms with Crippen LogP contribution in [-0.2, 0) is 0 Å². The topological polar surface area (TPSA) is 21.3 Å². The van der Waals surface area contributed by atoms with Crippen molar-refractivity contribution in [3.8, 4) is 5.75 Å². The highest BCUT2D eigenvalue weighted by atomic mass is 32.2. The highest BCUT2D eigenvalue weighted by Gasteiger charge is 2.25. The fourth-order valence-corrected chi connectivity index (χ4v) is 3.89. The van der Waals surface area contributed by atoms with Crippen LogP contribution in [0.25, 0.3) is 0 Å². The standard InChI is InChI=1S/C16H23F2NOS/c1-11(19-14-8-3-4-9-15(14)21-2)12-6-5-7-13(10-12)20-16(17)18/h5-7,10-11,14-16,19H,3-4,8-9H2,1-2H3. The summed E-state index contributed by atoms with van der Waals surface area (Å²) < 4.78 is 29.0. The molecule has 1 aromatic carbocycles. The van der Waals surface area contributed by atoms with E-state index in [1.54, 1.807) is 18.2 Å². The Kier molecular flexibility index (Phi) is 6.30. The van der Waals surface area contributed by atoms with Crippen molar-refractivity contribution in [2.45, 2.75) is 56.6 Å². The predicted molar refractivity (Wildman–Crippen MR) is 84.2 cm³/mol. The molecule has 1 N–H and O–H groups in total. The summed E-state index contributed by atoms with van der Waals surface area (Å²) in [5.74, 6) is 0.223. The molecule has 2 rings (SSSR count). The average molecular weight is 315 g/mol. The Hall–Kier alpha value is -0.810. The van der Waals surface area contributed by atoms with Gasteiger partial charge in [0, 0.05) is 17.3 Å². The zero-order chi connectivity index (χ0) is 15.2. The van der Waals surface area contributed by atoms with Crippen molar-refractivity contribution in [2.24, 2.45) is 0 Å². The number of rotatable bonds is 6. The molecule has 5 heteroatoms. The quantitative estimate of drug-likeness (QED) is 0.828. The Morgan fingerprint density at radius 2 is 2.05 bits per heavy atom. The normalized spacial score (nSPS) is 24.0. The van der Waals surface area contributed by atoms with Crippen molar-refractivity contribution in [3.63, 3.8) is 0 Å². The maximum absolute atomic E-state index is 12.3. The van der Waals surface area contributed by atoms with E-state index in [1.165, 1.54) is 25.7 Å². The number of halogens is 2. The second-order valence-corrected chi connectivity index (χ2v) is 6.58. The molecule has 0 aliphatic heterocycles. The monoisotopic (exact) mass is 315 g/mol. The van der Waals surface area contributed by atoms with Crippen LogP contribution in [-0.4, -0.2) is 24.2 Å². The molecule has 1 aliphatic rings. The molecule has 0 aromatic heterocycles. The van der Waals surface area contributed by atoms with E-state index in [0.717, 1.165) is 5.56 Å². The maximum Gasteiger partial charge on any atom is 0.387 e. The van der Waals surface area contributed by atoms with Gasteiger partial charge >= 0.3 is 6.61 Å². The van der Waals surface area contributed by atoms with Crippen molar-refractivity contribution < 1.29 is 13.5 Å². The van der Waals surface area contributed by atoms with Crippen LogP contribution in [0.2, 0.25) is 0 Å². The molecule has 2 nitrogen and oxygen atoms in total. The summed E-state index contributed by atoms with van der Waals surface area (Å²) in [4.78, 5) is 0. The molecule has 0 radical (unpaired) electrons. The zero-order valence-electron chi connectivity index (χ0n) is 12.5. The van der Waals surface area contributed by atoms with Gasteiger partial charge in [-0.15, -0.1) is 0 Å². The molecule has 1 aromatic rings. The molecular formula is C16H23F2NOS. The Balaban J connectivity index is 2.00. The predicted octanol–water partition coefficient (Wildman–Crippen LogP) is 4.61. The number of alkyl halides is 2. The van der Waals surface area contributed by atoms with E-state index < -0.39 is 6.61 Å². The number of ether oxygens (including phenoxy) is 1. The van der Waals surface area contributed by atoms with Gasteiger partial charge in [0.1, 0.15) is 5.75 Å². The highest BCUT2D eigenvalue weighted by Crippen LogP contribution is 2.29. The van der Waals surface area contributed by atoms with Gasteiger partial charge in [-0.25, -0.2) is 0 Å². The van der Waals surface area contributed by atoms with Gasteiger partial charge in [0.15, 0.2) is 0 Å². The second kappa shape index (κ2) is 7.99. The minimum absolute atomic E-state index is 0.129. The average Bonchev–Trinajstić information content (AvgIpc) is 2.47. The van der Waals surface area contributed by atoms with E-state index in [4.69, 9.17) is 0 Å². The van der Waals surface area contributed by atoms with Crippen molar-refractivity contribution >= 4 is 11.8 Å². The summed E-state index contributed by atoms with van der Waals surface area (Å²) in [7, 11) is 0. The molecule has 1 aliphatic carbocycles. The van der Waals surface area contributed by atoms with Crippen LogP contribution in [0, 0.1) is 0 Å². The van der Waals surface area contributed by atoms with Crippen LogP contribution < -0.4 is 10.1 Å². The van der Waals surface area contributed by atoms with Crippen LogP contribution in [0.15, 0.2) is 24.3 Å². The molecule has 3 atom stereocenters. The first-order valence-corrected chi connectivity index (χ1v) is 8.72. The van der Waals surface area contributed by atoms with E-state index >= 15 is 0 Å². The SMILES string of the molecule is CSC1CCCCC1NC(C)c1cccc(OC(F)F)c1. The van der Waals surface area contributed by atoms with Gasteiger partial charge in [-0.2, -0.15) is 20.5 Å². The molecule has 0 saturated heterocycles. The smallest absolute Gasteiger partial charge is 0.387 e. The van der Waals surface area contributed by atoms with Gasteiger partial charge in [-0.1, -0.05) is 25.0 Å². The third-order valence-electron chi connectivity index (χ3n) is 4.05. The molecular weight excluding hydrogens is 292 g/mol. The molecule has 0 spiro atoms. The van der Waals surface area contributed by atoms with E-state index in [9.17, 15) is 8.78 Å². The Bertz CT molecular complexity index is 444. The summed E-state index contributed by atoms with van der Waals surface area (Å²) in [6.45, 7) is -0.698. The number of thioether (sulfide) groups is 1. The van der Waals surface area contributed by atoms with Crippen LogP contribution in [0.4, 0.5) is 8.78 Å². The van der Waals surface area contributed by atoms with Gasteiger partial charge in [-0.3, -0.25) is 0 Å². The molecule has 3 unspecified atom stereocenters. The molecule has 0 amide bonds. The lowest BCUT2D eigenvalue weighted by Gasteiger charge is -2.33. The van der Waals surface area contributed by atoms with Crippen molar-refractivity contribution in [1.82, 2.24) is 5.32 Å².